The Hall–Kier alpha value is -0.680. The molecule has 0 aliphatic heterocycles. The lowest BCUT2D eigenvalue weighted by Gasteiger charge is -2.04. The molecule has 0 atom stereocenters. The Morgan fingerprint density at radius 1 is 1.57 bits per heavy atom. The molecule has 1 aromatic heterocycles. The Bertz CT molecular complexity index is 362. The van der Waals surface area contributed by atoms with Gasteiger partial charge in [-0.1, -0.05) is 6.92 Å². The van der Waals surface area contributed by atoms with Gasteiger partial charge < -0.3 is 9.72 Å². The van der Waals surface area contributed by atoms with Crippen LogP contribution in [0.3, 0.4) is 0 Å². The lowest BCUT2D eigenvalue weighted by atomic mass is 10.3. The Morgan fingerprint density at radius 2 is 2.29 bits per heavy atom. The highest BCUT2D eigenvalue weighted by atomic mass is 79.9. The SMILES string of the molecule is CCCc1nc(COC)c(Br)c(=O)[nH]1. The molecule has 0 saturated carbocycles. The van der Waals surface area contributed by atoms with Crippen LogP contribution in [0.2, 0.25) is 0 Å². The van der Waals surface area contributed by atoms with E-state index >= 15 is 0 Å². The summed E-state index contributed by atoms with van der Waals surface area (Å²) >= 11 is 3.18. The molecule has 0 bridgehead atoms. The molecule has 1 rings (SSSR count). The number of H-pyrrole nitrogens is 1. The fourth-order valence-corrected chi connectivity index (χ4v) is 1.45. The third-order valence-electron chi connectivity index (χ3n) is 1.75. The maximum Gasteiger partial charge on any atom is 0.265 e. The lowest BCUT2D eigenvalue weighted by Crippen LogP contribution is -2.16. The standard InChI is InChI=1S/C9H13BrN2O2/c1-3-4-7-11-6(5-14-2)8(10)9(13)12-7/h3-5H2,1-2H3,(H,11,12,13). The third kappa shape index (κ3) is 2.65. The van der Waals surface area contributed by atoms with Gasteiger partial charge in [0.1, 0.15) is 10.3 Å². The first-order valence-corrected chi connectivity index (χ1v) is 5.24. The van der Waals surface area contributed by atoms with Crippen molar-refractivity contribution in [3.05, 3.63) is 26.3 Å². The number of hydrogen-bond donors (Lipinski definition) is 1. The van der Waals surface area contributed by atoms with Crippen LogP contribution in [-0.2, 0) is 17.8 Å². The van der Waals surface area contributed by atoms with E-state index in [0.29, 0.717) is 22.6 Å². The van der Waals surface area contributed by atoms with E-state index in [-0.39, 0.29) is 5.56 Å². The zero-order chi connectivity index (χ0) is 10.6. The van der Waals surface area contributed by atoms with E-state index < -0.39 is 0 Å². The van der Waals surface area contributed by atoms with Crippen LogP contribution < -0.4 is 5.56 Å². The maximum atomic E-state index is 11.4. The predicted octanol–water partition coefficient (Wildman–Crippen LogP) is 1.63. The van der Waals surface area contributed by atoms with Crippen LogP contribution in [0.4, 0.5) is 0 Å². The van der Waals surface area contributed by atoms with E-state index in [4.69, 9.17) is 4.74 Å². The van der Waals surface area contributed by atoms with Crippen LogP contribution in [0, 0.1) is 0 Å². The number of aromatic nitrogens is 2. The Kier molecular flexibility index (Phi) is 4.28. The van der Waals surface area contributed by atoms with Crippen LogP contribution in [-0.4, -0.2) is 17.1 Å². The molecule has 5 heteroatoms. The van der Waals surface area contributed by atoms with Crippen LogP contribution in [0.25, 0.3) is 0 Å². The van der Waals surface area contributed by atoms with Crippen molar-refractivity contribution in [3.8, 4) is 0 Å². The van der Waals surface area contributed by atoms with Crippen molar-refractivity contribution >= 4 is 15.9 Å². The number of nitrogens with one attached hydrogen (secondary N) is 1. The summed E-state index contributed by atoms with van der Waals surface area (Å²) in [5.41, 5.74) is 0.509. The Labute approximate surface area is 90.8 Å². The average Bonchev–Trinajstić information content (AvgIpc) is 2.14. The highest BCUT2D eigenvalue weighted by molar-refractivity contribution is 9.10. The van der Waals surface area contributed by atoms with Gasteiger partial charge in [-0.3, -0.25) is 4.79 Å². The van der Waals surface area contributed by atoms with Crippen LogP contribution in [0.15, 0.2) is 9.27 Å². The van der Waals surface area contributed by atoms with Gasteiger partial charge in [-0.2, -0.15) is 0 Å². The average molecular weight is 261 g/mol. The van der Waals surface area contributed by atoms with Crippen molar-refractivity contribution in [2.75, 3.05) is 7.11 Å². The van der Waals surface area contributed by atoms with E-state index in [9.17, 15) is 4.79 Å². The quantitative estimate of drug-likeness (QED) is 0.896. The molecule has 1 N–H and O–H groups in total. The van der Waals surface area contributed by atoms with Crippen molar-refractivity contribution in [3.63, 3.8) is 0 Å². The summed E-state index contributed by atoms with van der Waals surface area (Å²) in [6.45, 7) is 2.39. The molecule has 78 valence electrons. The molecular formula is C9H13BrN2O2. The summed E-state index contributed by atoms with van der Waals surface area (Å²) in [7, 11) is 1.58. The fraction of sp³-hybridized carbons (Fsp3) is 0.556. The zero-order valence-electron chi connectivity index (χ0n) is 8.26. The highest BCUT2D eigenvalue weighted by Gasteiger charge is 2.07. The molecule has 0 fully saturated rings. The first-order chi connectivity index (χ1) is 6.69. The lowest BCUT2D eigenvalue weighted by molar-refractivity contribution is 0.180. The highest BCUT2D eigenvalue weighted by Crippen LogP contribution is 2.10. The van der Waals surface area contributed by atoms with Gasteiger partial charge in [-0.15, -0.1) is 0 Å². The summed E-state index contributed by atoms with van der Waals surface area (Å²) < 4.78 is 5.41. The number of methoxy groups -OCH3 is 1. The minimum atomic E-state index is -0.143. The Balaban J connectivity index is 3.07. The van der Waals surface area contributed by atoms with E-state index in [1.54, 1.807) is 7.11 Å². The normalized spacial score (nSPS) is 10.5. The van der Waals surface area contributed by atoms with Crippen molar-refractivity contribution in [1.29, 1.82) is 0 Å². The number of hydrogen-bond acceptors (Lipinski definition) is 3. The zero-order valence-corrected chi connectivity index (χ0v) is 9.85. The van der Waals surface area contributed by atoms with Gasteiger partial charge in [0.25, 0.3) is 5.56 Å². The molecule has 0 radical (unpaired) electrons. The van der Waals surface area contributed by atoms with Crippen molar-refractivity contribution < 1.29 is 4.74 Å². The maximum absolute atomic E-state index is 11.4. The summed E-state index contributed by atoms with van der Waals surface area (Å²) in [4.78, 5) is 18.4. The van der Waals surface area contributed by atoms with E-state index in [0.717, 1.165) is 12.8 Å². The number of aromatic amines is 1. The van der Waals surface area contributed by atoms with E-state index in [1.165, 1.54) is 0 Å². The van der Waals surface area contributed by atoms with Crippen LogP contribution in [0.5, 0.6) is 0 Å². The first-order valence-electron chi connectivity index (χ1n) is 4.45. The van der Waals surface area contributed by atoms with Crippen LogP contribution in [0.1, 0.15) is 24.9 Å². The third-order valence-corrected chi connectivity index (χ3v) is 2.57. The molecule has 0 unspecified atom stereocenters. The number of aryl methyl sites for hydroxylation is 1. The number of halogens is 1. The molecule has 0 spiro atoms. The second kappa shape index (κ2) is 5.26. The molecule has 0 aromatic carbocycles. The summed E-state index contributed by atoms with van der Waals surface area (Å²) in [6, 6.07) is 0. The molecule has 1 heterocycles. The van der Waals surface area contributed by atoms with Gasteiger partial charge in [0.05, 0.1) is 12.3 Å². The van der Waals surface area contributed by atoms with Crippen molar-refractivity contribution in [2.24, 2.45) is 0 Å². The largest absolute Gasteiger partial charge is 0.378 e. The molecule has 0 amide bonds. The summed E-state index contributed by atoms with van der Waals surface area (Å²) in [5, 5.41) is 0. The smallest absolute Gasteiger partial charge is 0.265 e. The van der Waals surface area contributed by atoms with Gasteiger partial charge >= 0.3 is 0 Å². The predicted molar refractivity (Wildman–Crippen MR) is 57.3 cm³/mol. The second-order valence-corrected chi connectivity index (χ2v) is 3.75. The molecule has 4 nitrogen and oxygen atoms in total. The molecular weight excluding hydrogens is 248 g/mol. The van der Waals surface area contributed by atoms with E-state index in [1.807, 2.05) is 6.92 Å². The van der Waals surface area contributed by atoms with E-state index in [2.05, 4.69) is 25.9 Å². The minimum Gasteiger partial charge on any atom is -0.378 e. The van der Waals surface area contributed by atoms with Crippen LogP contribution >= 0.6 is 15.9 Å². The van der Waals surface area contributed by atoms with Crippen molar-refractivity contribution in [1.82, 2.24) is 9.97 Å². The van der Waals surface area contributed by atoms with Gasteiger partial charge in [-0.05, 0) is 22.4 Å². The molecule has 0 aliphatic rings. The molecule has 14 heavy (non-hydrogen) atoms. The van der Waals surface area contributed by atoms with Gasteiger partial charge in [0, 0.05) is 13.5 Å². The molecule has 0 saturated heterocycles. The Morgan fingerprint density at radius 3 is 2.86 bits per heavy atom. The first kappa shape index (κ1) is 11.4. The van der Waals surface area contributed by atoms with Gasteiger partial charge in [0.2, 0.25) is 0 Å². The molecule has 0 aliphatic carbocycles. The van der Waals surface area contributed by atoms with Gasteiger partial charge in [-0.25, -0.2) is 4.98 Å². The minimum absolute atomic E-state index is 0.143. The van der Waals surface area contributed by atoms with Crippen molar-refractivity contribution in [2.45, 2.75) is 26.4 Å². The summed E-state index contributed by atoms with van der Waals surface area (Å²) in [5.74, 6) is 0.716. The second-order valence-electron chi connectivity index (χ2n) is 2.96. The monoisotopic (exact) mass is 260 g/mol. The number of nitrogens with zero attached hydrogens (tertiary/aromatic N) is 1. The summed E-state index contributed by atoms with van der Waals surface area (Å²) in [6.07, 6.45) is 1.73. The topological polar surface area (TPSA) is 55.0 Å². The number of rotatable bonds is 4. The number of ether oxygens (including phenoxy) is 1. The fourth-order valence-electron chi connectivity index (χ4n) is 1.14. The van der Waals surface area contributed by atoms with Gasteiger partial charge in [0.15, 0.2) is 0 Å². The molecule has 1 aromatic rings.